The summed E-state index contributed by atoms with van der Waals surface area (Å²) in [5.74, 6) is 0. The van der Waals surface area contributed by atoms with E-state index >= 15 is 0 Å². The second kappa shape index (κ2) is 43.8. The Morgan fingerprint density at radius 2 is 0.430 bits per heavy atom. The molecule has 0 spiro atoms. The number of aliphatic hydroxyl groups is 27. The van der Waals surface area contributed by atoms with Crippen molar-refractivity contribution in [3.05, 3.63) is 0 Å². The van der Waals surface area contributed by atoms with E-state index in [-0.39, 0.29) is 0 Å². The lowest BCUT2D eigenvalue weighted by Gasteiger charge is -2.27. The number of hydrogen-bond donors (Lipinski definition) is 31. The van der Waals surface area contributed by atoms with Crippen LogP contribution in [-0.2, 0) is 102 Å². The number of phosphoric ester groups is 4. The van der Waals surface area contributed by atoms with E-state index in [4.69, 9.17) is 70.6 Å². The van der Waals surface area contributed by atoms with Crippen LogP contribution in [0.25, 0.3) is 0 Å². The fraction of sp³-hybridized carbons (Fsp3) is 1.00. The molecular weight excluding hydrogens is 1570 g/mol. The van der Waals surface area contributed by atoms with Crippen LogP contribution in [0.5, 0.6) is 0 Å². The normalized spacial score (nSPS) is 36.6. The maximum absolute atomic E-state index is 13.0. The average molecular weight is 1670 g/mol. The van der Waals surface area contributed by atoms with Gasteiger partial charge in [0.1, 0.15) is 183 Å². The van der Waals surface area contributed by atoms with E-state index in [1.54, 1.807) is 0 Å². The van der Waals surface area contributed by atoms with Crippen molar-refractivity contribution in [3.8, 4) is 0 Å². The van der Waals surface area contributed by atoms with Crippen LogP contribution < -0.4 is 0 Å². The van der Waals surface area contributed by atoms with Gasteiger partial charge in [0.25, 0.3) is 0 Å². The maximum atomic E-state index is 13.0. The number of rotatable bonds is 51. The third-order valence-electron chi connectivity index (χ3n) is 16.3. The van der Waals surface area contributed by atoms with Crippen LogP contribution in [-0.4, -0.2) is 471 Å². The lowest BCUT2D eigenvalue weighted by molar-refractivity contribution is -0.194. The van der Waals surface area contributed by atoms with Crippen molar-refractivity contribution in [2.75, 3.05) is 99.1 Å². The lowest BCUT2D eigenvalue weighted by atomic mass is 10.1. The number of hydrogen-bond acceptors (Lipinski definition) is 49. The summed E-state index contributed by atoms with van der Waals surface area (Å²) >= 11 is 0. The highest BCUT2D eigenvalue weighted by atomic mass is 31.2. The molecule has 5 aliphatic heterocycles. The molecule has 53 nitrogen and oxygen atoms in total. The largest absolute Gasteiger partial charge is 0.472 e. The van der Waals surface area contributed by atoms with Gasteiger partial charge in [-0.1, -0.05) is 0 Å². The predicted molar refractivity (Wildman–Crippen MR) is 324 cm³/mol. The van der Waals surface area contributed by atoms with E-state index in [9.17, 15) is 171 Å². The summed E-state index contributed by atoms with van der Waals surface area (Å²) in [6, 6.07) is 0. The Kier molecular flexibility index (Phi) is 39.5. The molecule has 634 valence electrons. The van der Waals surface area contributed by atoms with Gasteiger partial charge < -0.3 is 205 Å². The van der Waals surface area contributed by atoms with Crippen LogP contribution in [0.2, 0.25) is 0 Å². The lowest BCUT2D eigenvalue weighted by Crippen LogP contribution is -2.44. The van der Waals surface area contributed by atoms with E-state index in [1.165, 1.54) is 0 Å². The quantitative estimate of drug-likeness (QED) is 0.0252. The van der Waals surface area contributed by atoms with Gasteiger partial charge in [0, 0.05) is 0 Å². The van der Waals surface area contributed by atoms with Gasteiger partial charge in [0.15, 0.2) is 31.5 Å². The monoisotopic (exact) mass is 1670 g/mol. The first-order chi connectivity index (χ1) is 49.9. The fourth-order valence-electron chi connectivity index (χ4n) is 10.1. The summed E-state index contributed by atoms with van der Waals surface area (Å²) in [5, 5.41) is 275. The Morgan fingerprint density at radius 1 is 0.252 bits per heavy atom. The van der Waals surface area contributed by atoms with Crippen LogP contribution in [0.4, 0.5) is 0 Å². The standard InChI is InChI=1S/C50H96O53P4/c51-1-16(57)31(67)17(58)7-87-47-38(74)42(27(3-53)96-47)100-105(80,81)92-13-23(64)33(69)19(60)9-89-49-40(76)44(29(5-55)98-49)102-107(84,85)94-15-25(66)35(71)21(62)11-90-50-41(77)45(30(6-56)99-50)103-106(82,83)93-14-24(65)34(70)20(61)10-88-48-39(75)43(28(4-54)97-48)101-104(78,79)91-12-22(63)32(68)18(59)8-86-46-37(73)36(72)26(2-52)95-46/h16-77H,1-15H2,(H,78,79)(H,80,81)(H,82,83)(H,84,85)/t16-,17+,18+,19+,20+,21+,22-,23-,24-,25-,26-,27-,28-,29-,30-,31-,32+,33+,34+,35+,36-,37-,38-,39-,40-,41-,42-,43-,44-,45-,46-,47-,48-,49-,50-/m1/s1. The maximum Gasteiger partial charge on any atom is 0.472 e. The van der Waals surface area contributed by atoms with Crippen molar-refractivity contribution < 1.29 is 259 Å². The second-order valence-electron chi connectivity index (χ2n) is 24.4. The van der Waals surface area contributed by atoms with Gasteiger partial charge in [0.2, 0.25) is 0 Å². The fourth-order valence-corrected chi connectivity index (χ4v) is 14.0. The molecule has 0 amide bonds. The van der Waals surface area contributed by atoms with Crippen molar-refractivity contribution in [1.29, 1.82) is 0 Å². The van der Waals surface area contributed by atoms with Crippen LogP contribution in [0, 0.1) is 0 Å². The molecule has 39 atom stereocenters. The minimum absolute atomic E-state index is 0.715. The molecule has 0 bridgehead atoms. The number of aliphatic hydroxyl groups excluding tert-OH is 27. The molecule has 5 saturated heterocycles. The Hall–Kier alpha value is -1.04. The molecule has 0 aromatic rings. The third kappa shape index (κ3) is 27.8. The summed E-state index contributed by atoms with van der Waals surface area (Å²) < 4.78 is 141. The Morgan fingerprint density at radius 3 is 0.617 bits per heavy atom. The summed E-state index contributed by atoms with van der Waals surface area (Å²) in [5.41, 5.74) is 0. The summed E-state index contributed by atoms with van der Waals surface area (Å²) in [6.07, 6.45) is -69.8. The summed E-state index contributed by atoms with van der Waals surface area (Å²) in [6.45, 7) is -16.3. The van der Waals surface area contributed by atoms with Crippen LogP contribution >= 0.6 is 31.3 Å². The van der Waals surface area contributed by atoms with Crippen molar-refractivity contribution in [3.63, 3.8) is 0 Å². The molecule has 0 saturated carbocycles. The number of phosphoric acid groups is 4. The third-order valence-corrected chi connectivity index (χ3v) is 20.3. The van der Waals surface area contributed by atoms with Crippen LogP contribution in [0.1, 0.15) is 0 Å². The topological polar surface area (TPSA) is 862 Å². The van der Waals surface area contributed by atoms with E-state index in [0.29, 0.717) is 0 Å². The molecule has 0 radical (unpaired) electrons. The van der Waals surface area contributed by atoms with Gasteiger partial charge in [-0.2, -0.15) is 0 Å². The summed E-state index contributed by atoms with van der Waals surface area (Å²) in [4.78, 5) is 41.5. The summed E-state index contributed by atoms with van der Waals surface area (Å²) in [7, 11) is -21.9. The van der Waals surface area contributed by atoms with E-state index < -0.39 is 345 Å². The zero-order valence-corrected chi connectivity index (χ0v) is 59.0. The molecule has 107 heavy (non-hydrogen) atoms. The number of ether oxygens (including phenoxy) is 10. The molecular formula is C50H96O53P4. The first kappa shape index (κ1) is 96.5. The SMILES string of the molecule is O=P(O)(OC[C@@H](O)[C@@H](O)[C@@H](O)CO[C@@H]1O[C@H](CO)[C@@H](O)[C@H]1O)O[C@H]1[C@@H](O)[C@H](OC[C@H](O)[C@H](O)[C@H](O)COP(=O)(O)O[C@H]2[C@@H](O)[C@H](OC[C@H](O)[C@H](O)[C@H](O)COP(=O)(O)O[C@H]3[C@@H](O)[C@H](OC[C@H](O)[C@H](O)[C@H](O)COP(=O)(O)O[C@H]4[C@@H](O)[C@H](OC[C@H](O)[C@H](O)[C@H](O)CO)O[C@@H]4CO)O[C@@H]3CO)O[C@@H]2CO)O[C@@H]1CO. The van der Waals surface area contributed by atoms with Gasteiger partial charge in [0.05, 0.1) is 99.1 Å². The molecule has 0 aromatic carbocycles. The predicted octanol–water partition coefficient (Wildman–Crippen LogP) is -17.8. The van der Waals surface area contributed by atoms with E-state index in [2.05, 4.69) is 18.1 Å². The Bertz CT molecular complexity index is 2760. The molecule has 31 N–H and O–H groups in total. The Labute approximate surface area is 602 Å². The first-order valence-corrected chi connectivity index (χ1v) is 37.8. The molecule has 57 heteroatoms. The molecule has 4 unspecified atom stereocenters. The van der Waals surface area contributed by atoms with Crippen LogP contribution in [0.3, 0.4) is 0 Å². The molecule has 5 heterocycles. The zero-order chi connectivity index (χ0) is 80.5. The average Bonchev–Trinajstić information content (AvgIpc) is 1.69. The minimum atomic E-state index is -5.54. The van der Waals surface area contributed by atoms with Crippen molar-refractivity contribution in [1.82, 2.24) is 0 Å². The highest BCUT2D eigenvalue weighted by Gasteiger charge is 2.54. The zero-order valence-electron chi connectivity index (χ0n) is 55.4. The van der Waals surface area contributed by atoms with Crippen molar-refractivity contribution >= 4 is 31.3 Å². The molecule has 0 aliphatic carbocycles. The highest BCUT2D eigenvalue weighted by Crippen LogP contribution is 2.51. The van der Waals surface area contributed by atoms with E-state index in [0.717, 1.165) is 0 Å². The van der Waals surface area contributed by atoms with Crippen LogP contribution in [0.15, 0.2) is 0 Å². The van der Waals surface area contributed by atoms with Gasteiger partial charge in [-0.3, -0.25) is 36.2 Å². The Balaban J connectivity index is 0.994. The smallest absolute Gasteiger partial charge is 0.394 e. The molecule has 0 aromatic heterocycles. The first-order valence-electron chi connectivity index (χ1n) is 31.8. The second-order valence-corrected chi connectivity index (χ2v) is 30.0. The van der Waals surface area contributed by atoms with Gasteiger partial charge in [-0.15, -0.1) is 0 Å². The van der Waals surface area contributed by atoms with Crippen molar-refractivity contribution in [2.45, 2.75) is 215 Å². The van der Waals surface area contributed by atoms with Crippen molar-refractivity contribution in [2.24, 2.45) is 0 Å². The van der Waals surface area contributed by atoms with Gasteiger partial charge in [-0.05, 0) is 0 Å². The molecule has 5 fully saturated rings. The van der Waals surface area contributed by atoms with Gasteiger partial charge >= 0.3 is 31.3 Å². The minimum Gasteiger partial charge on any atom is -0.394 e. The molecule has 5 aliphatic rings. The highest BCUT2D eigenvalue weighted by molar-refractivity contribution is 7.48. The van der Waals surface area contributed by atoms with E-state index in [1.807, 2.05) is 0 Å². The molecule has 5 rings (SSSR count). The van der Waals surface area contributed by atoms with Gasteiger partial charge in [-0.25, -0.2) is 18.3 Å².